The topological polar surface area (TPSA) is 114 Å². The number of rotatable bonds is 14. The Morgan fingerprint density at radius 3 is 2.39 bits per heavy atom. The first-order chi connectivity index (χ1) is 19.5. The normalized spacial score (nSPS) is 18.9. The van der Waals surface area contributed by atoms with Crippen LogP contribution in [0.2, 0.25) is 5.02 Å². The lowest BCUT2D eigenvalue weighted by Crippen LogP contribution is -2.62. The molecule has 0 saturated heterocycles. The predicted molar refractivity (Wildman–Crippen MR) is 158 cm³/mol. The first-order valence-electron chi connectivity index (χ1n) is 14.1. The number of hydrogen-bond donors (Lipinski definition) is 2. The van der Waals surface area contributed by atoms with E-state index in [9.17, 15) is 19.5 Å². The Morgan fingerprint density at radius 2 is 1.85 bits per heavy atom. The van der Waals surface area contributed by atoms with E-state index >= 15 is 0 Å². The molecule has 41 heavy (non-hydrogen) atoms. The van der Waals surface area contributed by atoms with Crippen LogP contribution in [0.1, 0.15) is 82.3 Å². The van der Waals surface area contributed by atoms with Crippen LogP contribution in [0.5, 0.6) is 11.5 Å². The molecule has 1 unspecified atom stereocenters. The van der Waals surface area contributed by atoms with E-state index < -0.39 is 23.6 Å². The van der Waals surface area contributed by atoms with Gasteiger partial charge in [-0.05, 0) is 72.4 Å². The van der Waals surface area contributed by atoms with Crippen molar-refractivity contribution in [2.75, 3.05) is 26.4 Å². The summed E-state index contributed by atoms with van der Waals surface area (Å²) < 4.78 is 17.7. The summed E-state index contributed by atoms with van der Waals surface area (Å²) in [6.45, 7) is 9.61. The second-order valence-electron chi connectivity index (χ2n) is 10.4. The van der Waals surface area contributed by atoms with Gasteiger partial charge in [0.2, 0.25) is 0 Å². The molecule has 1 aromatic carbocycles. The van der Waals surface area contributed by atoms with Crippen molar-refractivity contribution in [2.24, 2.45) is 5.92 Å². The van der Waals surface area contributed by atoms with Gasteiger partial charge in [-0.1, -0.05) is 35.4 Å². The smallest absolute Gasteiger partial charge is 0.329 e. The number of hydrogen-bond acceptors (Lipinski definition) is 6. The van der Waals surface area contributed by atoms with Crippen LogP contribution < -0.4 is 14.8 Å². The van der Waals surface area contributed by atoms with Crippen LogP contribution in [0.25, 0.3) is 0 Å². The quantitative estimate of drug-likeness (QED) is 0.230. The number of carbonyl (C=O) groups excluding carboxylic acids is 2. The van der Waals surface area contributed by atoms with E-state index in [0.717, 1.165) is 6.42 Å². The lowest BCUT2D eigenvalue weighted by molar-refractivity contribution is -0.148. The zero-order chi connectivity index (χ0) is 30.3. The molecule has 9 nitrogen and oxygen atoms in total. The summed E-state index contributed by atoms with van der Waals surface area (Å²) in [4.78, 5) is 39.8. The minimum absolute atomic E-state index is 0.0912. The maximum atomic E-state index is 13.7. The molecule has 1 aromatic rings. The molecule has 0 aliphatic heterocycles. The van der Waals surface area contributed by atoms with Gasteiger partial charge in [0, 0.05) is 23.1 Å². The summed E-state index contributed by atoms with van der Waals surface area (Å²) >= 11 is 13.0. The Bertz CT molecular complexity index is 1200. The third kappa shape index (κ3) is 7.56. The van der Waals surface area contributed by atoms with Crippen LogP contribution in [0.4, 0.5) is 4.79 Å². The number of amides is 2. The van der Waals surface area contributed by atoms with Crippen molar-refractivity contribution in [3.05, 3.63) is 45.5 Å². The molecule has 0 bridgehead atoms. The van der Waals surface area contributed by atoms with Gasteiger partial charge in [-0.15, -0.1) is 0 Å². The van der Waals surface area contributed by atoms with Gasteiger partial charge in [-0.3, -0.25) is 4.79 Å². The molecule has 1 saturated carbocycles. The van der Waals surface area contributed by atoms with Gasteiger partial charge < -0.3 is 29.5 Å². The van der Waals surface area contributed by atoms with Crippen LogP contribution in [0, 0.1) is 5.92 Å². The van der Waals surface area contributed by atoms with Gasteiger partial charge >= 0.3 is 12.0 Å². The average Bonchev–Trinajstić information content (AvgIpc) is 2.89. The van der Waals surface area contributed by atoms with E-state index in [4.69, 9.17) is 37.4 Å². The zero-order valence-corrected chi connectivity index (χ0v) is 25.8. The molecule has 0 heterocycles. The van der Waals surface area contributed by atoms with E-state index in [-0.39, 0.29) is 53.9 Å². The number of carboxylic acid groups (broad SMARTS) is 1. The highest BCUT2D eigenvalue weighted by Crippen LogP contribution is 2.43. The van der Waals surface area contributed by atoms with E-state index in [2.05, 4.69) is 5.32 Å². The number of benzene rings is 1. The molecule has 0 spiro atoms. The SMILES string of the molecule is CCOc1cc([C@@H](C)N(CCO[C@@H](C)C2C=C(Cl)C=CC2)C(=O)NC2(C(=O)O)CCC2)c(Cl)c(OCC)c1C(C)=O. The summed E-state index contributed by atoms with van der Waals surface area (Å²) in [6.07, 6.45) is 7.83. The number of aliphatic carboxylic acids is 1. The number of urea groups is 1. The maximum absolute atomic E-state index is 13.7. The largest absolute Gasteiger partial charge is 0.493 e. The highest BCUT2D eigenvalue weighted by molar-refractivity contribution is 6.33. The molecule has 3 atom stereocenters. The lowest BCUT2D eigenvalue weighted by Gasteiger charge is -2.41. The first-order valence-corrected chi connectivity index (χ1v) is 14.8. The third-order valence-corrected chi connectivity index (χ3v) is 8.31. The first kappa shape index (κ1) is 32.8. The summed E-state index contributed by atoms with van der Waals surface area (Å²) in [6, 6.07) is 0.442. The Labute approximate surface area is 251 Å². The number of allylic oxidation sites excluding steroid dienone is 3. The number of carboxylic acids is 1. The minimum Gasteiger partial charge on any atom is -0.493 e. The fourth-order valence-electron chi connectivity index (χ4n) is 5.11. The zero-order valence-electron chi connectivity index (χ0n) is 24.3. The third-order valence-electron chi connectivity index (χ3n) is 7.67. The molecular formula is C30H40Cl2N2O7. The van der Waals surface area contributed by atoms with Crippen molar-refractivity contribution in [1.82, 2.24) is 10.2 Å². The van der Waals surface area contributed by atoms with Crippen molar-refractivity contribution >= 4 is 41.0 Å². The van der Waals surface area contributed by atoms with Gasteiger partial charge in [-0.2, -0.15) is 0 Å². The van der Waals surface area contributed by atoms with Crippen LogP contribution in [0.3, 0.4) is 0 Å². The minimum atomic E-state index is -1.31. The molecule has 2 amide bonds. The van der Waals surface area contributed by atoms with Crippen molar-refractivity contribution in [1.29, 1.82) is 0 Å². The second-order valence-corrected chi connectivity index (χ2v) is 11.2. The van der Waals surface area contributed by atoms with Crippen LogP contribution in [0.15, 0.2) is 29.3 Å². The number of carbonyl (C=O) groups is 3. The van der Waals surface area contributed by atoms with Crippen LogP contribution in [-0.4, -0.2) is 65.8 Å². The number of nitrogens with zero attached hydrogens (tertiary/aromatic N) is 1. The van der Waals surface area contributed by atoms with Gasteiger partial charge in [0.15, 0.2) is 11.5 Å². The van der Waals surface area contributed by atoms with Crippen LogP contribution in [-0.2, 0) is 9.53 Å². The van der Waals surface area contributed by atoms with E-state index in [1.807, 2.05) is 25.2 Å². The second kappa shape index (κ2) is 14.4. The van der Waals surface area contributed by atoms with E-state index in [1.54, 1.807) is 26.8 Å². The molecule has 0 radical (unpaired) electrons. The van der Waals surface area contributed by atoms with E-state index in [1.165, 1.54) is 11.8 Å². The molecule has 0 aromatic heterocycles. The van der Waals surface area contributed by atoms with Crippen molar-refractivity contribution in [2.45, 2.75) is 78.0 Å². The molecule has 11 heteroatoms. The number of Topliss-reactive ketones (excluding diaryl/α,β-unsaturated/α-hetero) is 1. The van der Waals surface area contributed by atoms with Gasteiger partial charge in [0.25, 0.3) is 0 Å². The lowest BCUT2D eigenvalue weighted by atomic mass is 9.77. The van der Waals surface area contributed by atoms with E-state index in [0.29, 0.717) is 42.2 Å². The molecular weight excluding hydrogens is 571 g/mol. The molecule has 2 aliphatic carbocycles. The standard InChI is InChI=1S/C30H40Cl2N2O7/c1-6-39-24-17-23(26(32)27(40-7-2)25(24)19(4)35)18(3)34(29(38)33-30(28(36)37)12-9-13-30)14-15-41-20(5)21-10-8-11-22(31)16-21/h8,11,16-18,20-21H,6-7,9-10,12-15H2,1-5H3,(H,33,38)(H,36,37)/t18-,20+,21?/m1/s1. The van der Waals surface area contributed by atoms with Gasteiger partial charge in [0.1, 0.15) is 16.9 Å². The molecule has 1 fully saturated rings. The highest BCUT2D eigenvalue weighted by atomic mass is 35.5. The Hall–Kier alpha value is -2.75. The number of nitrogens with one attached hydrogen (secondary N) is 1. The van der Waals surface area contributed by atoms with Gasteiger partial charge in [-0.25, -0.2) is 9.59 Å². The van der Waals surface area contributed by atoms with Crippen molar-refractivity contribution in [3.63, 3.8) is 0 Å². The van der Waals surface area contributed by atoms with Gasteiger partial charge in [0.05, 0.1) is 37.0 Å². The van der Waals surface area contributed by atoms with Crippen LogP contribution >= 0.6 is 23.2 Å². The number of halogens is 2. The summed E-state index contributed by atoms with van der Waals surface area (Å²) in [5, 5.41) is 13.4. The maximum Gasteiger partial charge on any atom is 0.329 e. The van der Waals surface area contributed by atoms with Crippen molar-refractivity contribution in [3.8, 4) is 11.5 Å². The van der Waals surface area contributed by atoms with Crippen molar-refractivity contribution < 1.29 is 33.7 Å². The molecule has 3 rings (SSSR count). The summed E-state index contributed by atoms with van der Waals surface area (Å²) in [5.41, 5.74) is -0.582. The Balaban J connectivity index is 1.94. The highest BCUT2D eigenvalue weighted by Gasteiger charge is 2.47. The Morgan fingerprint density at radius 1 is 1.17 bits per heavy atom. The molecule has 2 N–H and O–H groups in total. The predicted octanol–water partition coefficient (Wildman–Crippen LogP) is 6.52. The molecule has 226 valence electrons. The average molecular weight is 612 g/mol. The monoisotopic (exact) mass is 610 g/mol. The number of ether oxygens (including phenoxy) is 3. The molecule has 2 aliphatic rings. The number of ketones is 1. The fourth-order valence-corrected chi connectivity index (χ4v) is 5.72. The summed E-state index contributed by atoms with van der Waals surface area (Å²) in [7, 11) is 0. The fraction of sp³-hybridized carbons (Fsp3) is 0.567. The Kier molecular flexibility index (Phi) is 11.5. The summed E-state index contributed by atoms with van der Waals surface area (Å²) in [5.74, 6) is -0.752.